The summed E-state index contributed by atoms with van der Waals surface area (Å²) in [5.41, 5.74) is 4.78. The van der Waals surface area contributed by atoms with Gasteiger partial charge in [-0.15, -0.1) is 0 Å². The number of rotatable bonds is 8. The lowest BCUT2D eigenvalue weighted by Crippen LogP contribution is -2.40. The van der Waals surface area contributed by atoms with Gasteiger partial charge >= 0.3 is 5.97 Å². The number of ether oxygens (including phenoxy) is 1. The van der Waals surface area contributed by atoms with Crippen LogP contribution in [0, 0.1) is 12.8 Å². The van der Waals surface area contributed by atoms with Crippen LogP contribution >= 0.6 is 0 Å². The van der Waals surface area contributed by atoms with E-state index in [4.69, 9.17) is 4.74 Å². The Hall–Kier alpha value is -2.43. The van der Waals surface area contributed by atoms with Crippen LogP contribution in [0.25, 0.3) is 5.57 Å². The first-order valence-corrected chi connectivity index (χ1v) is 9.99. The molecule has 1 saturated heterocycles. The van der Waals surface area contributed by atoms with E-state index in [1.807, 2.05) is 6.07 Å². The molecule has 1 atom stereocenters. The summed E-state index contributed by atoms with van der Waals surface area (Å²) in [6.45, 7) is 5.62. The fourth-order valence-electron chi connectivity index (χ4n) is 3.71. The molecular formula is C24H29NO3. The Labute approximate surface area is 167 Å². The van der Waals surface area contributed by atoms with E-state index in [0.29, 0.717) is 19.8 Å². The zero-order chi connectivity index (χ0) is 19.8. The van der Waals surface area contributed by atoms with Crippen LogP contribution in [0.4, 0.5) is 0 Å². The van der Waals surface area contributed by atoms with E-state index < -0.39 is 5.97 Å². The zero-order valence-electron chi connectivity index (χ0n) is 16.5. The molecule has 1 fully saturated rings. The molecule has 0 bridgehead atoms. The van der Waals surface area contributed by atoms with Gasteiger partial charge in [0.1, 0.15) is 0 Å². The third kappa shape index (κ3) is 5.78. The maximum Gasteiger partial charge on any atom is 0.307 e. The minimum absolute atomic E-state index is 0.236. The van der Waals surface area contributed by atoms with Gasteiger partial charge in [-0.05, 0) is 43.0 Å². The molecule has 3 rings (SSSR count). The fraction of sp³-hybridized carbons (Fsp3) is 0.375. The molecule has 0 saturated carbocycles. The van der Waals surface area contributed by atoms with Crippen molar-refractivity contribution in [3.05, 3.63) is 77.4 Å². The van der Waals surface area contributed by atoms with Gasteiger partial charge in [-0.3, -0.25) is 4.79 Å². The Morgan fingerprint density at radius 3 is 2.71 bits per heavy atom. The predicted molar refractivity (Wildman–Crippen MR) is 112 cm³/mol. The highest BCUT2D eigenvalue weighted by atomic mass is 16.5. The van der Waals surface area contributed by atoms with Crippen LogP contribution in [0.15, 0.2) is 60.7 Å². The maximum atomic E-state index is 11.2. The van der Waals surface area contributed by atoms with Crippen LogP contribution in [0.3, 0.4) is 0 Å². The molecule has 0 spiro atoms. The minimum Gasteiger partial charge on any atom is -0.481 e. The Balaban J connectivity index is 1.57. The Kier molecular flexibility index (Phi) is 7.40. The molecule has 2 aromatic carbocycles. The van der Waals surface area contributed by atoms with Crippen molar-refractivity contribution in [3.63, 3.8) is 0 Å². The molecule has 1 heterocycles. The van der Waals surface area contributed by atoms with Crippen molar-refractivity contribution in [3.8, 4) is 0 Å². The molecule has 1 unspecified atom stereocenters. The lowest BCUT2D eigenvalue weighted by atomic mass is 9.96. The molecule has 1 aliphatic heterocycles. The second kappa shape index (κ2) is 10.2. The van der Waals surface area contributed by atoms with Crippen LogP contribution < -0.4 is 0 Å². The lowest BCUT2D eigenvalue weighted by molar-refractivity contribution is -0.143. The van der Waals surface area contributed by atoms with Crippen molar-refractivity contribution in [2.75, 3.05) is 32.8 Å². The monoisotopic (exact) mass is 379 g/mol. The minimum atomic E-state index is -0.681. The van der Waals surface area contributed by atoms with Gasteiger partial charge in [0.05, 0.1) is 19.1 Å². The van der Waals surface area contributed by atoms with E-state index in [2.05, 4.69) is 66.4 Å². The summed E-state index contributed by atoms with van der Waals surface area (Å²) >= 11 is 0. The number of aliphatic carboxylic acids is 1. The maximum absolute atomic E-state index is 11.2. The number of aryl methyl sites for hydroxylation is 1. The molecule has 2 aromatic rings. The summed E-state index contributed by atoms with van der Waals surface area (Å²) in [7, 11) is 0. The summed E-state index contributed by atoms with van der Waals surface area (Å²) < 4.78 is 5.87. The van der Waals surface area contributed by atoms with E-state index in [1.54, 1.807) is 0 Å². The summed E-state index contributed by atoms with van der Waals surface area (Å²) in [5, 5.41) is 9.20. The number of nitrogens with zero attached hydrogens (tertiary/aromatic N) is 1. The third-order valence-corrected chi connectivity index (χ3v) is 5.23. The van der Waals surface area contributed by atoms with Crippen molar-refractivity contribution in [1.29, 1.82) is 0 Å². The number of carboxylic acid groups (broad SMARTS) is 1. The number of carboxylic acids is 1. The topological polar surface area (TPSA) is 49.8 Å². The van der Waals surface area contributed by atoms with Crippen LogP contribution in [0.5, 0.6) is 0 Å². The molecule has 0 aromatic heterocycles. The van der Waals surface area contributed by atoms with Crippen LogP contribution in [0.2, 0.25) is 0 Å². The quantitative estimate of drug-likeness (QED) is 0.697. The lowest BCUT2D eigenvalue weighted by Gasteiger charge is -2.30. The largest absolute Gasteiger partial charge is 0.481 e. The molecule has 0 radical (unpaired) electrons. The predicted octanol–water partition coefficient (Wildman–Crippen LogP) is 4.24. The van der Waals surface area contributed by atoms with E-state index in [1.165, 1.54) is 22.3 Å². The highest BCUT2D eigenvalue weighted by molar-refractivity contribution is 5.80. The van der Waals surface area contributed by atoms with Gasteiger partial charge in [0, 0.05) is 13.1 Å². The number of hydrogen-bond donors (Lipinski definition) is 1. The zero-order valence-corrected chi connectivity index (χ0v) is 16.5. The molecule has 148 valence electrons. The first kappa shape index (κ1) is 20.3. The van der Waals surface area contributed by atoms with Gasteiger partial charge in [-0.2, -0.15) is 0 Å². The van der Waals surface area contributed by atoms with E-state index in [-0.39, 0.29) is 5.92 Å². The molecule has 1 aliphatic rings. The average molecular weight is 380 g/mol. The molecule has 0 aliphatic carbocycles. The fourth-order valence-corrected chi connectivity index (χ4v) is 3.71. The van der Waals surface area contributed by atoms with Gasteiger partial charge in [-0.1, -0.05) is 66.2 Å². The molecule has 1 N–H and O–H groups in total. The first-order chi connectivity index (χ1) is 13.6. The van der Waals surface area contributed by atoms with Crippen molar-refractivity contribution >= 4 is 11.5 Å². The Morgan fingerprint density at radius 1 is 1.18 bits per heavy atom. The molecule has 0 amide bonds. The van der Waals surface area contributed by atoms with Gasteiger partial charge < -0.3 is 14.7 Å². The van der Waals surface area contributed by atoms with Gasteiger partial charge in [0.15, 0.2) is 0 Å². The van der Waals surface area contributed by atoms with Crippen molar-refractivity contribution in [2.45, 2.75) is 19.8 Å². The van der Waals surface area contributed by atoms with Gasteiger partial charge in [0.25, 0.3) is 0 Å². The number of benzene rings is 2. The Morgan fingerprint density at radius 2 is 1.96 bits per heavy atom. The molecule has 4 heteroatoms. The smallest absolute Gasteiger partial charge is 0.307 e. The SMILES string of the molecule is Cc1cccc(C(=CCOCCN2CCCC(C(=O)O)C2)c2ccccc2)c1. The second-order valence-electron chi connectivity index (χ2n) is 7.41. The standard InChI is InChI=1S/C24H29NO3/c1-19-7-5-10-21(17-19)23(20-8-3-2-4-9-20)12-15-28-16-14-25-13-6-11-22(18-25)24(26)27/h2-5,7-10,12,17,22H,6,11,13-16,18H2,1H3,(H,26,27). The van der Waals surface area contributed by atoms with Crippen molar-refractivity contribution in [2.24, 2.45) is 5.92 Å². The third-order valence-electron chi connectivity index (χ3n) is 5.23. The molecule has 4 nitrogen and oxygen atoms in total. The van der Waals surface area contributed by atoms with Crippen molar-refractivity contribution < 1.29 is 14.6 Å². The summed E-state index contributed by atoms with van der Waals surface area (Å²) in [6, 6.07) is 18.9. The van der Waals surface area contributed by atoms with Crippen LogP contribution in [0.1, 0.15) is 29.5 Å². The summed E-state index contributed by atoms with van der Waals surface area (Å²) in [5.74, 6) is -0.918. The van der Waals surface area contributed by atoms with Gasteiger partial charge in [-0.25, -0.2) is 0 Å². The van der Waals surface area contributed by atoms with Gasteiger partial charge in [0.2, 0.25) is 0 Å². The number of piperidine rings is 1. The highest BCUT2D eigenvalue weighted by Crippen LogP contribution is 2.24. The normalized spacial score (nSPS) is 18.2. The first-order valence-electron chi connectivity index (χ1n) is 9.99. The van der Waals surface area contributed by atoms with Crippen molar-refractivity contribution in [1.82, 2.24) is 4.90 Å². The summed E-state index contributed by atoms with van der Waals surface area (Å²) in [6.07, 6.45) is 3.87. The number of likely N-dealkylation sites (tertiary alicyclic amines) is 1. The van der Waals surface area contributed by atoms with Crippen LogP contribution in [-0.2, 0) is 9.53 Å². The summed E-state index contributed by atoms with van der Waals surface area (Å²) in [4.78, 5) is 13.4. The van der Waals surface area contributed by atoms with E-state index >= 15 is 0 Å². The van der Waals surface area contributed by atoms with Crippen LogP contribution in [-0.4, -0.2) is 48.8 Å². The molecular weight excluding hydrogens is 350 g/mol. The van der Waals surface area contributed by atoms with E-state index in [9.17, 15) is 9.90 Å². The highest BCUT2D eigenvalue weighted by Gasteiger charge is 2.24. The number of carbonyl (C=O) groups is 1. The number of hydrogen-bond acceptors (Lipinski definition) is 3. The Bertz CT molecular complexity index is 801. The van der Waals surface area contributed by atoms with E-state index in [0.717, 1.165) is 25.9 Å². The molecule has 28 heavy (non-hydrogen) atoms. The second-order valence-corrected chi connectivity index (χ2v) is 7.41. The average Bonchev–Trinajstić information content (AvgIpc) is 2.71.